The fourth-order valence-electron chi connectivity index (χ4n) is 4.35. The molecule has 0 saturated carbocycles. The molecule has 37 heavy (non-hydrogen) atoms. The minimum Gasteiger partial charge on any atom is -0.495 e. The summed E-state index contributed by atoms with van der Waals surface area (Å²) in [7, 11) is 1.66. The van der Waals surface area contributed by atoms with E-state index >= 15 is 0 Å². The van der Waals surface area contributed by atoms with Crippen molar-refractivity contribution in [1.82, 2.24) is 19.4 Å². The molecule has 0 N–H and O–H groups in total. The van der Waals surface area contributed by atoms with E-state index in [4.69, 9.17) is 9.15 Å². The van der Waals surface area contributed by atoms with Crippen LogP contribution in [0.2, 0.25) is 0 Å². The monoisotopic (exact) mass is 537 g/mol. The molecule has 1 aliphatic heterocycles. The first-order valence-corrected chi connectivity index (χ1v) is 13.7. The summed E-state index contributed by atoms with van der Waals surface area (Å²) in [6.07, 6.45) is 3.08. The Hall–Kier alpha value is -3.57. The van der Waals surface area contributed by atoms with Crippen LogP contribution >= 0.6 is 23.1 Å². The Morgan fingerprint density at radius 2 is 2.03 bits per heavy atom. The highest BCUT2D eigenvalue weighted by molar-refractivity contribution is 7.98. The summed E-state index contributed by atoms with van der Waals surface area (Å²) < 4.78 is 12.7. The molecule has 0 bridgehead atoms. The fourth-order valence-corrected chi connectivity index (χ4v) is 6.17. The minimum absolute atomic E-state index is 0.0818. The second-order valence-electron chi connectivity index (χ2n) is 8.56. The molecule has 0 atom stereocenters. The van der Waals surface area contributed by atoms with Crippen molar-refractivity contribution in [2.24, 2.45) is 0 Å². The predicted octanol–water partition coefficient (Wildman–Crippen LogP) is 4.20. The van der Waals surface area contributed by atoms with E-state index in [2.05, 4.69) is 21.4 Å². The minimum atomic E-state index is -0.156. The van der Waals surface area contributed by atoms with Gasteiger partial charge in [-0.2, -0.15) is 0 Å². The molecule has 0 radical (unpaired) electrons. The van der Waals surface area contributed by atoms with Crippen LogP contribution in [0.4, 0.5) is 5.69 Å². The van der Waals surface area contributed by atoms with Crippen molar-refractivity contribution in [3.63, 3.8) is 0 Å². The molecule has 1 amide bonds. The van der Waals surface area contributed by atoms with Crippen molar-refractivity contribution >= 4 is 44.9 Å². The Bertz CT molecular complexity index is 1500. The van der Waals surface area contributed by atoms with Crippen molar-refractivity contribution < 1.29 is 13.9 Å². The number of methoxy groups -OCH3 is 1. The Balaban J connectivity index is 1.24. The molecule has 192 valence electrons. The van der Waals surface area contributed by atoms with Gasteiger partial charge >= 0.3 is 0 Å². The van der Waals surface area contributed by atoms with Gasteiger partial charge in [-0.1, -0.05) is 30.0 Å². The maximum atomic E-state index is 13.1. The van der Waals surface area contributed by atoms with Gasteiger partial charge < -0.3 is 19.0 Å². The van der Waals surface area contributed by atoms with E-state index in [1.165, 1.54) is 29.4 Å². The lowest BCUT2D eigenvalue weighted by molar-refractivity contribution is 0.0740. The largest absolute Gasteiger partial charge is 0.495 e. The number of aryl methyl sites for hydroxylation is 1. The van der Waals surface area contributed by atoms with Crippen molar-refractivity contribution in [3.8, 4) is 5.75 Å². The number of carbonyl (C=O) groups is 1. The lowest BCUT2D eigenvalue weighted by Gasteiger charge is -2.36. The molecule has 9 nitrogen and oxygen atoms in total. The lowest BCUT2D eigenvalue weighted by atomic mass is 10.2. The molecule has 0 spiro atoms. The summed E-state index contributed by atoms with van der Waals surface area (Å²) in [6.45, 7) is 8.58. The number of benzene rings is 1. The van der Waals surface area contributed by atoms with Crippen LogP contribution in [-0.2, 0) is 12.3 Å². The zero-order valence-electron chi connectivity index (χ0n) is 20.7. The molecule has 3 aromatic heterocycles. The van der Waals surface area contributed by atoms with Crippen molar-refractivity contribution in [3.05, 3.63) is 76.1 Å². The number of ether oxygens (including phenoxy) is 1. The molecule has 4 heterocycles. The summed E-state index contributed by atoms with van der Waals surface area (Å²) in [5, 5.41) is 3.15. The van der Waals surface area contributed by atoms with Gasteiger partial charge in [0.25, 0.3) is 11.5 Å². The highest BCUT2D eigenvalue weighted by Crippen LogP contribution is 2.29. The van der Waals surface area contributed by atoms with Crippen molar-refractivity contribution in [1.29, 1.82) is 0 Å². The molecule has 0 aliphatic carbocycles. The number of oxazole rings is 1. The second kappa shape index (κ2) is 10.8. The first-order valence-electron chi connectivity index (χ1n) is 11.8. The predicted molar refractivity (Wildman–Crippen MR) is 146 cm³/mol. The summed E-state index contributed by atoms with van der Waals surface area (Å²) in [6, 6.07) is 7.89. The van der Waals surface area contributed by atoms with E-state index in [-0.39, 0.29) is 17.2 Å². The third-order valence-electron chi connectivity index (χ3n) is 6.24. The van der Waals surface area contributed by atoms with Gasteiger partial charge in [-0.05, 0) is 30.0 Å². The van der Waals surface area contributed by atoms with Crippen LogP contribution in [-0.4, -0.2) is 58.6 Å². The third kappa shape index (κ3) is 5.01. The second-order valence-corrected chi connectivity index (χ2v) is 10.4. The number of aromatic nitrogens is 3. The SMILES string of the molecule is C=CCn1c(SCc2nc(C(=O)N3CCN(c4ccccc4OC)CC3)co2)nc2scc(C)c2c1=O. The maximum Gasteiger partial charge on any atom is 0.275 e. The molecule has 5 rings (SSSR count). The standard InChI is InChI=1S/C26H27N5O4S2/c1-4-9-31-25(33)22-17(2)15-36-23(22)28-26(31)37-16-21-27-18(14-35-21)24(32)30-12-10-29(11-13-30)19-7-5-6-8-20(19)34-3/h4-8,14-15H,1,9-13,16H2,2-3H3. The van der Waals surface area contributed by atoms with Crippen LogP contribution in [0.25, 0.3) is 10.2 Å². The summed E-state index contributed by atoms with van der Waals surface area (Å²) >= 11 is 2.80. The number of carbonyl (C=O) groups excluding carboxylic acids is 1. The number of nitrogens with zero attached hydrogens (tertiary/aromatic N) is 5. The summed E-state index contributed by atoms with van der Waals surface area (Å²) in [5.74, 6) is 1.41. The first kappa shape index (κ1) is 25.1. The van der Waals surface area contributed by atoms with Gasteiger partial charge in [0, 0.05) is 32.7 Å². The van der Waals surface area contributed by atoms with Gasteiger partial charge in [0.05, 0.1) is 23.9 Å². The van der Waals surface area contributed by atoms with Crippen molar-refractivity contribution in [2.45, 2.75) is 24.4 Å². The quantitative estimate of drug-likeness (QED) is 0.188. The lowest BCUT2D eigenvalue weighted by Crippen LogP contribution is -2.49. The number of thioether (sulfide) groups is 1. The third-order valence-corrected chi connectivity index (χ3v) is 8.19. The highest BCUT2D eigenvalue weighted by atomic mass is 32.2. The van der Waals surface area contributed by atoms with E-state index < -0.39 is 0 Å². The average molecular weight is 538 g/mol. The molecule has 4 aromatic rings. The van der Waals surface area contributed by atoms with E-state index in [0.717, 1.165) is 17.0 Å². The molecule has 1 saturated heterocycles. The van der Waals surface area contributed by atoms with Crippen LogP contribution in [0.3, 0.4) is 0 Å². The number of rotatable bonds is 8. The van der Waals surface area contributed by atoms with Crippen molar-refractivity contribution in [2.75, 3.05) is 38.2 Å². The van der Waals surface area contributed by atoms with Gasteiger partial charge in [-0.15, -0.1) is 17.9 Å². The van der Waals surface area contributed by atoms with Gasteiger partial charge in [-0.25, -0.2) is 9.97 Å². The smallest absolute Gasteiger partial charge is 0.275 e. The Morgan fingerprint density at radius 1 is 1.24 bits per heavy atom. The number of hydrogen-bond donors (Lipinski definition) is 0. The molecule has 11 heteroatoms. The molecular weight excluding hydrogens is 510 g/mol. The van der Waals surface area contributed by atoms with E-state index in [0.29, 0.717) is 59.7 Å². The van der Waals surface area contributed by atoms with E-state index in [1.807, 2.05) is 36.6 Å². The van der Waals surface area contributed by atoms with Gasteiger partial charge in [0.2, 0.25) is 5.89 Å². The summed E-state index contributed by atoms with van der Waals surface area (Å²) in [5.41, 5.74) is 2.15. The number of amides is 1. The molecule has 1 fully saturated rings. The van der Waals surface area contributed by atoms with Gasteiger partial charge in [-0.3, -0.25) is 14.2 Å². The number of thiophene rings is 1. The zero-order chi connectivity index (χ0) is 25.9. The topological polar surface area (TPSA) is 93.7 Å². The van der Waals surface area contributed by atoms with E-state index in [1.54, 1.807) is 22.7 Å². The number of allylic oxidation sites excluding steroid dienone is 1. The van der Waals surface area contributed by atoms with Crippen LogP contribution in [0.1, 0.15) is 21.9 Å². The number of piperazine rings is 1. The van der Waals surface area contributed by atoms with Crippen LogP contribution in [0, 0.1) is 6.92 Å². The first-order chi connectivity index (χ1) is 18.0. The number of fused-ring (bicyclic) bond motifs is 1. The molecule has 1 aromatic carbocycles. The van der Waals surface area contributed by atoms with Crippen LogP contribution in [0.5, 0.6) is 5.75 Å². The van der Waals surface area contributed by atoms with Crippen LogP contribution in [0.15, 0.2) is 62.9 Å². The maximum absolute atomic E-state index is 13.1. The van der Waals surface area contributed by atoms with E-state index in [9.17, 15) is 9.59 Å². The van der Waals surface area contributed by atoms with Crippen LogP contribution < -0.4 is 15.2 Å². The summed E-state index contributed by atoms with van der Waals surface area (Å²) in [4.78, 5) is 39.9. The molecular formula is C26H27N5O4S2. The zero-order valence-corrected chi connectivity index (χ0v) is 22.3. The Morgan fingerprint density at radius 3 is 2.78 bits per heavy atom. The molecule has 0 unspecified atom stereocenters. The number of hydrogen-bond acceptors (Lipinski definition) is 9. The van der Waals surface area contributed by atoms with Gasteiger partial charge in [0.15, 0.2) is 10.9 Å². The number of para-hydroxylation sites is 2. The number of anilines is 1. The fraction of sp³-hybridized carbons (Fsp3) is 0.308. The Kier molecular flexibility index (Phi) is 7.33. The normalized spacial score (nSPS) is 13.8. The van der Waals surface area contributed by atoms with Gasteiger partial charge in [0.1, 0.15) is 16.8 Å². The Labute approximate surface area is 222 Å². The highest BCUT2D eigenvalue weighted by Gasteiger charge is 2.26. The molecule has 1 aliphatic rings. The average Bonchev–Trinajstić information content (AvgIpc) is 3.55.